The van der Waals surface area contributed by atoms with E-state index in [1.807, 2.05) is 18.5 Å². The highest BCUT2D eigenvalue weighted by atomic mass is 16.5. The monoisotopic (exact) mass is 293 g/mol. The van der Waals surface area contributed by atoms with Crippen LogP contribution in [0.1, 0.15) is 5.56 Å². The van der Waals surface area contributed by atoms with Gasteiger partial charge in [0.15, 0.2) is 0 Å². The molecule has 4 heteroatoms. The Balaban J connectivity index is 1.57. The quantitative estimate of drug-likeness (QED) is 0.744. The molecule has 112 valence electrons. The van der Waals surface area contributed by atoms with Gasteiger partial charge in [0.1, 0.15) is 5.65 Å². The van der Waals surface area contributed by atoms with E-state index in [0.29, 0.717) is 0 Å². The molecular formula is C18H19N3O. The van der Waals surface area contributed by atoms with Gasteiger partial charge in [-0.2, -0.15) is 0 Å². The summed E-state index contributed by atoms with van der Waals surface area (Å²) in [7, 11) is 0. The molecule has 0 unspecified atom stereocenters. The molecule has 1 aliphatic heterocycles. The summed E-state index contributed by atoms with van der Waals surface area (Å²) >= 11 is 0. The van der Waals surface area contributed by atoms with E-state index in [4.69, 9.17) is 4.74 Å². The number of morpholine rings is 1. The van der Waals surface area contributed by atoms with Crippen molar-refractivity contribution < 1.29 is 4.74 Å². The Hall–Kier alpha value is -2.17. The third-order valence-corrected chi connectivity index (χ3v) is 4.19. The molecule has 1 fully saturated rings. The standard InChI is InChI=1S/C18H19N3O/c1-2-17(21-9-8-19-18(21)3-1)16-6-4-15(5-7-16)14-20-10-12-22-13-11-20/h1-9H,10-14H2. The maximum atomic E-state index is 5.40. The van der Waals surface area contributed by atoms with Gasteiger partial charge < -0.3 is 4.74 Å². The van der Waals surface area contributed by atoms with E-state index in [0.717, 1.165) is 38.5 Å². The number of aromatic nitrogens is 2. The van der Waals surface area contributed by atoms with E-state index >= 15 is 0 Å². The van der Waals surface area contributed by atoms with Gasteiger partial charge in [-0.3, -0.25) is 9.30 Å². The van der Waals surface area contributed by atoms with Gasteiger partial charge in [-0.25, -0.2) is 4.98 Å². The fourth-order valence-electron chi connectivity index (χ4n) is 2.98. The maximum Gasteiger partial charge on any atom is 0.137 e. The van der Waals surface area contributed by atoms with Crippen molar-refractivity contribution in [1.29, 1.82) is 0 Å². The lowest BCUT2D eigenvalue weighted by Crippen LogP contribution is -2.35. The fourth-order valence-corrected chi connectivity index (χ4v) is 2.98. The van der Waals surface area contributed by atoms with E-state index in [9.17, 15) is 0 Å². The molecule has 2 aromatic heterocycles. The highest BCUT2D eigenvalue weighted by Crippen LogP contribution is 2.21. The van der Waals surface area contributed by atoms with Crippen LogP contribution in [0.15, 0.2) is 54.9 Å². The number of rotatable bonds is 3. The molecule has 22 heavy (non-hydrogen) atoms. The molecular weight excluding hydrogens is 274 g/mol. The predicted octanol–water partition coefficient (Wildman–Crippen LogP) is 2.83. The topological polar surface area (TPSA) is 29.8 Å². The van der Waals surface area contributed by atoms with Crippen LogP contribution in [0.25, 0.3) is 16.9 Å². The molecule has 3 heterocycles. The summed E-state index contributed by atoms with van der Waals surface area (Å²) in [6.45, 7) is 4.74. The maximum absolute atomic E-state index is 5.40. The molecule has 0 bridgehead atoms. The molecule has 0 atom stereocenters. The van der Waals surface area contributed by atoms with Gasteiger partial charge in [0, 0.05) is 32.0 Å². The van der Waals surface area contributed by atoms with Crippen LogP contribution in [0.2, 0.25) is 0 Å². The highest BCUT2D eigenvalue weighted by molar-refractivity contribution is 5.63. The smallest absolute Gasteiger partial charge is 0.137 e. The van der Waals surface area contributed by atoms with Gasteiger partial charge in [0.05, 0.1) is 18.9 Å². The summed E-state index contributed by atoms with van der Waals surface area (Å²) in [6, 6.07) is 15.1. The largest absolute Gasteiger partial charge is 0.379 e. The molecule has 4 nitrogen and oxygen atoms in total. The number of benzene rings is 1. The average molecular weight is 293 g/mol. The van der Waals surface area contributed by atoms with Crippen LogP contribution in [-0.4, -0.2) is 40.6 Å². The SMILES string of the molecule is c1cc(-c2ccc(CN3CCOCC3)cc2)n2ccnc2c1. The molecule has 0 aliphatic carbocycles. The van der Waals surface area contributed by atoms with Crippen LogP contribution < -0.4 is 0 Å². The van der Waals surface area contributed by atoms with Crippen LogP contribution >= 0.6 is 0 Å². The third-order valence-electron chi connectivity index (χ3n) is 4.19. The zero-order chi connectivity index (χ0) is 14.8. The molecule has 3 aromatic rings. The Morgan fingerprint density at radius 1 is 1.00 bits per heavy atom. The zero-order valence-corrected chi connectivity index (χ0v) is 12.5. The second-order valence-electron chi connectivity index (χ2n) is 5.65. The number of pyridine rings is 1. The lowest BCUT2D eigenvalue weighted by molar-refractivity contribution is 0.0342. The third kappa shape index (κ3) is 2.63. The number of hydrogen-bond acceptors (Lipinski definition) is 3. The molecule has 0 spiro atoms. The summed E-state index contributed by atoms with van der Waals surface area (Å²) in [5.74, 6) is 0. The predicted molar refractivity (Wildman–Crippen MR) is 86.7 cm³/mol. The highest BCUT2D eigenvalue weighted by Gasteiger charge is 2.11. The summed E-state index contributed by atoms with van der Waals surface area (Å²) in [5.41, 5.74) is 4.72. The second-order valence-corrected chi connectivity index (χ2v) is 5.65. The molecule has 4 rings (SSSR count). The molecule has 1 aliphatic rings. The Morgan fingerprint density at radius 3 is 2.64 bits per heavy atom. The Labute approximate surface area is 130 Å². The van der Waals surface area contributed by atoms with Crippen LogP contribution in [0.5, 0.6) is 0 Å². The Kier molecular flexibility index (Phi) is 3.62. The van der Waals surface area contributed by atoms with Gasteiger partial charge in [0.2, 0.25) is 0 Å². The van der Waals surface area contributed by atoms with Crippen molar-refractivity contribution in [1.82, 2.24) is 14.3 Å². The Bertz CT molecular complexity index is 757. The summed E-state index contributed by atoms with van der Waals surface area (Å²) in [4.78, 5) is 6.78. The van der Waals surface area contributed by atoms with Crippen LogP contribution in [0.4, 0.5) is 0 Å². The number of imidazole rings is 1. The van der Waals surface area contributed by atoms with E-state index in [-0.39, 0.29) is 0 Å². The minimum Gasteiger partial charge on any atom is -0.379 e. The van der Waals surface area contributed by atoms with Crippen LogP contribution in [-0.2, 0) is 11.3 Å². The average Bonchev–Trinajstić information content (AvgIpc) is 3.05. The lowest BCUT2D eigenvalue weighted by Gasteiger charge is -2.26. The first-order chi connectivity index (χ1) is 10.9. The molecule has 0 saturated carbocycles. The minimum absolute atomic E-state index is 0.848. The molecule has 0 N–H and O–H groups in total. The van der Waals surface area contributed by atoms with Crippen molar-refractivity contribution in [3.8, 4) is 11.3 Å². The lowest BCUT2D eigenvalue weighted by atomic mass is 10.1. The molecule has 1 aromatic carbocycles. The van der Waals surface area contributed by atoms with Crippen LogP contribution in [0.3, 0.4) is 0 Å². The number of hydrogen-bond donors (Lipinski definition) is 0. The van der Waals surface area contributed by atoms with Crippen molar-refractivity contribution in [2.24, 2.45) is 0 Å². The second kappa shape index (κ2) is 5.91. The zero-order valence-electron chi connectivity index (χ0n) is 12.5. The molecule has 1 saturated heterocycles. The van der Waals surface area contributed by atoms with Gasteiger partial charge in [-0.05, 0) is 23.3 Å². The van der Waals surface area contributed by atoms with E-state index in [2.05, 4.69) is 50.7 Å². The normalized spacial score (nSPS) is 16.2. The van der Waals surface area contributed by atoms with Crippen molar-refractivity contribution >= 4 is 5.65 Å². The van der Waals surface area contributed by atoms with Crippen molar-refractivity contribution in [2.45, 2.75) is 6.54 Å². The first-order valence-electron chi connectivity index (χ1n) is 7.72. The van der Waals surface area contributed by atoms with E-state index < -0.39 is 0 Å². The van der Waals surface area contributed by atoms with Gasteiger partial charge >= 0.3 is 0 Å². The first kappa shape index (κ1) is 13.5. The summed E-state index contributed by atoms with van der Waals surface area (Å²) < 4.78 is 7.52. The van der Waals surface area contributed by atoms with E-state index in [1.165, 1.54) is 16.8 Å². The van der Waals surface area contributed by atoms with Gasteiger partial charge in [-0.1, -0.05) is 30.3 Å². The number of nitrogens with zero attached hydrogens (tertiary/aromatic N) is 3. The van der Waals surface area contributed by atoms with Crippen molar-refractivity contribution in [2.75, 3.05) is 26.3 Å². The summed E-state index contributed by atoms with van der Waals surface area (Å²) in [6.07, 6.45) is 3.85. The van der Waals surface area contributed by atoms with Crippen LogP contribution in [0, 0.1) is 0 Å². The first-order valence-corrected chi connectivity index (χ1v) is 7.72. The number of ether oxygens (including phenoxy) is 1. The van der Waals surface area contributed by atoms with Gasteiger partial charge in [0.25, 0.3) is 0 Å². The molecule has 0 radical (unpaired) electrons. The van der Waals surface area contributed by atoms with Crippen molar-refractivity contribution in [3.05, 3.63) is 60.4 Å². The van der Waals surface area contributed by atoms with E-state index in [1.54, 1.807) is 0 Å². The fraction of sp³-hybridized carbons (Fsp3) is 0.278. The summed E-state index contributed by atoms with van der Waals surface area (Å²) in [5, 5.41) is 0. The Morgan fingerprint density at radius 2 is 1.82 bits per heavy atom. The minimum atomic E-state index is 0.848. The van der Waals surface area contributed by atoms with Crippen molar-refractivity contribution in [3.63, 3.8) is 0 Å². The van der Waals surface area contributed by atoms with Gasteiger partial charge in [-0.15, -0.1) is 0 Å². The number of fused-ring (bicyclic) bond motifs is 1. The molecule has 0 amide bonds.